The second-order valence-corrected chi connectivity index (χ2v) is 6.82. The minimum absolute atomic E-state index is 0.0871. The molecular weight excluding hydrogens is 352 g/mol. The standard InChI is InChI=1S/C19H16N2O4S/c1-25-13-4-2-12(3-5-13)21-9-15(19(23)24)17-18(21)14(8-16(22)20-17)11-6-7-26-10-11/h2-7,9-10,14H,8H2,1H3,(H,20,22)(H,23,24). The van der Waals surface area contributed by atoms with E-state index in [9.17, 15) is 14.7 Å². The summed E-state index contributed by atoms with van der Waals surface area (Å²) in [6.45, 7) is 0. The summed E-state index contributed by atoms with van der Waals surface area (Å²) in [6, 6.07) is 9.35. The number of carbonyl (C=O) groups excluding carboxylic acids is 1. The molecule has 1 unspecified atom stereocenters. The molecule has 26 heavy (non-hydrogen) atoms. The SMILES string of the molecule is COc1ccc(-n2cc(C(=O)O)c3c2C(c2ccsc2)CC(=O)N3)cc1. The Morgan fingerprint density at radius 3 is 2.69 bits per heavy atom. The van der Waals surface area contributed by atoms with E-state index in [4.69, 9.17) is 4.74 Å². The highest BCUT2D eigenvalue weighted by Gasteiger charge is 2.34. The quantitative estimate of drug-likeness (QED) is 0.735. The lowest BCUT2D eigenvalue weighted by Crippen LogP contribution is -2.25. The number of fused-ring (bicyclic) bond motifs is 1. The van der Waals surface area contributed by atoms with Crippen molar-refractivity contribution in [2.75, 3.05) is 12.4 Å². The summed E-state index contributed by atoms with van der Waals surface area (Å²) in [6.07, 6.45) is 1.85. The van der Waals surface area contributed by atoms with Gasteiger partial charge in [0.1, 0.15) is 11.3 Å². The average molecular weight is 368 g/mol. The third-order valence-corrected chi connectivity index (χ3v) is 5.26. The molecule has 1 aliphatic heterocycles. The Kier molecular flexibility index (Phi) is 4.00. The fourth-order valence-electron chi connectivity index (χ4n) is 3.34. The molecule has 1 aromatic carbocycles. The van der Waals surface area contributed by atoms with E-state index in [0.29, 0.717) is 5.69 Å². The molecule has 1 aliphatic rings. The van der Waals surface area contributed by atoms with Crippen molar-refractivity contribution >= 4 is 28.9 Å². The topological polar surface area (TPSA) is 80.6 Å². The lowest BCUT2D eigenvalue weighted by molar-refractivity contribution is -0.116. The van der Waals surface area contributed by atoms with Crippen molar-refractivity contribution in [2.45, 2.75) is 12.3 Å². The molecule has 1 atom stereocenters. The zero-order chi connectivity index (χ0) is 18.3. The van der Waals surface area contributed by atoms with Gasteiger partial charge in [-0.3, -0.25) is 4.79 Å². The Hall–Kier alpha value is -3.06. The van der Waals surface area contributed by atoms with E-state index in [2.05, 4.69) is 5.32 Å². The number of benzene rings is 1. The average Bonchev–Trinajstić information content (AvgIpc) is 3.29. The lowest BCUT2D eigenvalue weighted by Gasteiger charge is -2.25. The second-order valence-electron chi connectivity index (χ2n) is 6.04. The van der Waals surface area contributed by atoms with Crippen molar-refractivity contribution in [3.05, 3.63) is 64.1 Å². The highest BCUT2D eigenvalue weighted by Crippen LogP contribution is 2.42. The maximum atomic E-state index is 12.2. The second kappa shape index (κ2) is 6.34. The minimum atomic E-state index is -1.07. The van der Waals surface area contributed by atoms with Crippen molar-refractivity contribution in [1.82, 2.24) is 4.57 Å². The first kappa shape index (κ1) is 16.4. The minimum Gasteiger partial charge on any atom is -0.497 e. The molecule has 0 saturated carbocycles. The number of carbonyl (C=O) groups is 2. The van der Waals surface area contributed by atoms with Crippen LogP contribution in [-0.4, -0.2) is 28.7 Å². The summed E-state index contributed by atoms with van der Waals surface area (Å²) < 4.78 is 7.04. The summed E-state index contributed by atoms with van der Waals surface area (Å²) >= 11 is 1.56. The monoisotopic (exact) mass is 368 g/mol. The van der Waals surface area contributed by atoms with Gasteiger partial charge >= 0.3 is 5.97 Å². The highest BCUT2D eigenvalue weighted by atomic mass is 32.1. The van der Waals surface area contributed by atoms with Gasteiger partial charge in [-0.2, -0.15) is 11.3 Å². The predicted octanol–water partition coefficient (Wildman–Crippen LogP) is 3.72. The van der Waals surface area contributed by atoms with Crippen molar-refractivity contribution in [3.8, 4) is 11.4 Å². The van der Waals surface area contributed by atoms with Crippen molar-refractivity contribution in [3.63, 3.8) is 0 Å². The van der Waals surface area contributed by atoms with Crippen LogP contribution in [0.2, 0.25) is 0 Å². The highest BCUT2D eigenvalue weighted by molar-refractivity contribution is 7.08. The predicted molar refractivity (Wildman–Crippen MR) is 98.7 cm³/mol. The Morgan fingerprint density at radius 2 is 2.08 bits per heavy atom. The third kappa shape index (κ3) is 2.66. The van der Waals surface area contributed by atoms with E-state index in [1.165, 1.54) is 0 Å². The molecular formula is C19H16N2O4S. The number of nitrogens with one attached hydrogen (secondary N) is 1. The smallest absolute Gasteiger partial charge is 0.339 e. The number of amides is 1. The van der Waals surface area contributed by atoms with Crippen LogP contribution >= 0.6 is 11.3 Å². The number of aromatic carboxylic acids is 1. The first-order valence-corrected chi connectivity index (χ1v) is 8.97. The number of thiophene rings is 1. The number of rotatable bonds is 4. The van der Waals surface area contributed by atoms with Crippen LogP contribution in [0.5, 0.6) is 5.75 Å². The molecule has 132 valence electrons. The van der Waals surface area contributed by atoms with Gasteiger partial charge in [0.15, 0.2) is 0 Å². The van der Waals surface area contributed by atoms with Gasteiger partial charge in [-0.25, -0.2) is 4.79 Å². The van der Waals surface area contributed by atoms with E-state index in [-0.39, 0.29) is 23.8 Å². The number of carboxylic acid groups (broad SMARTS) is 1. The number of methoxy groups -OCH3 is 1. The van der Waals surface area contributed by atoms with Gasteiger partial charge in [-0.15, -0.1) is 0 Å². The molecule has 6 nitrogen and oxygen atoms in total. The fourth-order valence-corrected chi connectivity index (χ4v) is 4.05. The van der Waals surface area contributed by atoms with E-state index < -0.39 is 5.97 Å². The van der Waals surface area contributed by atoms with Gasteiger partial charge in [0.05, 0.1) is 18.5 Å². The zero-order valence-corrected chi connectivity index (χ0v) is 14.7. The van der Waals surface area contributed by atoms with E-state index in [0.717, 1.165) is 22.7 Å². The molecule has 2 aromatic heterocycles. The first-order chi connectivity index (χ1) is 12.6. The molecule has 3 heterocycles. The fraction of sp³-hybridized carbons (Fsp3) is 0.158. The van der Waals surface area contributed by atoms with Gasteiger partial charge in [0.2, 0.25) is 5.91 Å². The molecule has 0 radical (unpaired) electrons. The van der Waals surface area contributed by atoms with Gasteiger partial charge in [0, 0.05) is 24.2 Å². The lowest BCUT2D eigenvalue weighted by atomic mass is 9.90. The van der Waals surface area contributed by atoms with Crippen LogP contribution in [0.25, 0.3) is 5.69 Å². The number of carboxylic acids is 1. The molecule has 2 N–H and O–H groups in total. The van der Waals surface area contributed by atoms with Crippen molar-refractivity contribution < 1.29 is 19.4 Å². The molecule has 0 aliphatic carbocycles. The molecule has 0 fully saturated rings. The van der Waals surface area contributed by atoms with E-state index in [1.54, 1.807) is 24.6 Å². The number of hydrogen-bond donors (Lipinski definition) is 2. The summed E-state index contributed by atoms with van der Waals surface area (Å²) in [5.74, 6) is -0.723. The molecule has 0 saturated heterocycles. The Bertz CT molecular complexity index is 974. The van der Waals surface area contributed by atoms with Crippen LogP contribution in [0.4, 0.5) is 5.69 Å². The number of anilines is 1. The Morgan fingerprint density at radius 1 is 1.31 bits per heavy atom. The summed E-state index contributed by atoms with van der Waals surface area (Å²) in [5.41, 5.74) is 3.07. The summed E-state index contributed by atoms with van der Waals surface area (Å²) in [4.78, 5) is 23.9. The summed E-state index contributed by atoms with van der Waals surface area (Å²) in [7, 11) is 1.59. The summed E-state index contributed by atoms with van der Waals surface area (Å²) in [5, 5.41) is 16.3. The van der Waals surface area contributed by atoms with Gasteiger partial charge < -0.3 is 19.7 Å². The van der Waals surface area contributed by atoms with Crippen LogP contribution in [0, 0.1) is 0 Å². The van der Waals surface area contributed by atoms with Gasteiger partial charge in [0.25, 0.3) is 0 Å². The number of ether oxygens (including phenoxy) is 1. The zero-order valence-electron chi connectivity index (χ0n) is 13.9. The molecule has 3 aromatic rings. The van der Waals surface area contributed by atoms with Crippen LogP contribution in [0.1, 0.15) is 34.0 Å². The molecule has 4 rings (SSSR count). The largest absolute Gasteiger partial charge is 0.497 e. The maximum absolute atomic E-state index is 12.2. The van der Waals surface area contributed by atoms with Gasteiger partial charge in [-0.1, -0.05) is 0 Å². The van der Waals surface area contributed by atoms with E-state index >= 15 is 0 Å². The van der Waals surface area contributed by atoms with Gasteiger partial charge in [-0.05, 0) is 46.7 Å². The number of nitrogens with zero attached hydrogens (tertiary/aromatic N) is 1. The number of aromatic nitrogens is 1. The van der Waals surface area contributed by atoms with Crippen molar-refractivity contribution in [1.29, 1.82) is 0 Å². The van der Waals surface area contributed by atoms with Crippen LogP contribution < -0.4 is 10.1 Å². The normalized spacial score (nSPS) is 16.0. The molecule has 7 heteroatoms. The van der Waals surface area contributed by atoms with Crippen LogP contribution in [0.3, 0.4) is 0 Å². The third-order valence-electron chi connectivity index (χ3n) is 4.55. The van der Waals surface area contributed by atoms with Crippen LogP contribution in [0.15, 0.2) is 47.3 Å². The molecule has 0 spiro atoms. The Labute approximate surface area is 153 Å². The van der Waals surface area contributed by atoms with E-state index in [1.807, 2.05) is 45.7 Å². The molecule has 0 bridgehead atoms. The Balaban J connectivity index is 1.93. The number of hydrogen-bond acceptors (Lipinski definition) is 4. The first-order valence-electron chi connectivity index (χ1n) is 8.03. The van der Waals surface area contributed by atoms with Crippen LogP contribution in [-0.2, 0) is 4.79 Å². The maximum Gasteiger partial charge on any atom is 0.339 e. The molecule has 1 amide bonds. The van der Waals surface area contributed by atoms with Crippen molar-refractivity contribution in [2.24, 2.45) is 0 Å².